The third-order valence-corrected chi connectivity index (χ3v) is 4.61. The highest BCUT2D eigenvalue weighted by atomic mass is 35.5. The highest BCUT2D eigenvalue weighted by Gasteiger charge is 2.37. The molecule has 2 unspecified atom stereocenters. The lowest BCUT2D eigenvalue weighted by atomic mass is 9.90. The Bertz CT molecular complexity index is 527. The number of benzene rings is 1. The molecular weight excluding hydrogens is 269 g/mol. The van der Waals surface area contributed by atoms with Crippen LogP contribution in [0, 0.1) is 0 Å². The van der Waals surface area contributed by atoms with Crippen molar-refractivity contribution >= 4 is 33.0 Å². The zero-order valence-electron chi connectivity index (χ0n) is 10.5. The van der Waals surface area contributed by atoms with Gasteiger partial charge in [0.25, 0.3) is 0 Å². The van der Waals surface area contributed by atoms with Gasteiger partial charge in [-0.2, -0.15) is 0 Å². The number of likely N-dealkylation sites (N-methyl/N-ethyl adjacent to an activating group) is 1. The summed E-state index contributed by atoms with van der Waals surface area (Å²) in [5, 5.41) is 6.21. The largest absolute Gasteiger partial charge is 0.311 e. The molecule has 0 spiro atoms. The minimum absolute atomic E-state index is 0.0448. The van der Waals surface area contributed by atoms with E-state index in [0.717, 1.165) is 11.9 Å². The molecule has 0 saturated carbocycles. The molecule has 0 aliphatic carbocycles. The average Bonchev–Trinajstić information content (AvgIpc) is 2.85. The summed E-state index contributed by atoms with van der Waals surface area (Å²) >= 11 is 7.55. The summed E-state index contributed by atoms with van der Waals surface area (Å²) in [7, 11) is 0. The standard InChI is InChI=1S/C14H17ClFNS/c1-3-17-10(2)14(16,9-15)12-4-5-13-11(8-12)6-7-18-13/h4-8,10,17H,3,9H2,1-2H3. The van der Waals surface area contributed by atoms with Crippen LogP contribution in [0.1, 0.15) is 19.4 Å². The summed E-state index contributed by atoms with van der Waals surface area (Å²) in [6.45, 7) is 4.53. The zero-order chi connectivity index (χ0) is 13.2. The van der Waals surface area contributed by atoms with Crippen molar-refractivity contribution in [3.05, 3.63) is 35.2 Å². The molecule has 1 N–H and O–H groups in total. The van der Waals surface area contributed by atoms with E-state index in [-0.39, 0.29) is 11.9 Å². The highest BCUT2D eigenvalue weighted by Crippen LogP contribution is 2.34. The first-order valence-corrected chi connectivity index (χ1v) is 7.49. The van der Waals surface area contributed by atoms with Crippen LogP contribution < -0.4 is 5.32 Å². The number of thiophene rings is 1. The van der Waals surface area contributed by atoms with Gasteiger partial charge in [-0.05, 0) is 48.0 Å². The molecule has 0 radical (unpaired) electrons. The normalized spacial score (nSPS) is 16.7. The molecule has 98 valence electrons. The maximum atomic E-state index is 15.1. The molecule has 1 heterocycles. The van der Waals surface area contributed by atoms with Gasteiger partial charge in [-0.15, -0.1) is 22.9 Å². The van der Waals surface area contributed by atoms with E-state index >= 15 is 4.39 Å². The van der Waals surface area contributed by atoms with Crippen molar-refractivity contribution in [2.24, 2.45) is 0 Å². The second-order valence-corrected chi connectivity index (χ2v) is 5.66. The van der Waals surface area contributed by atoms with Crippen LogP contribution in [0.25, 0.3) is 10.1 Å². The molecule has 18 heavy (non-hydrogen) atoms. The van der Waals surface area contributed by atoms with Crippen molar-refractivity contribution in [3.63, 3.8) is 0 Å². The number of rotatable bonds is 5. The highest BCUT2D eigenvalue weighted by molar-refractivity contribution is 7.17. The van der Waals surface area contributed by atoms with Gasteiger partial charge in [0.1, 0.15) is 0 Å². The number of nitrogens with one attached hydrogen (secondary N) is 1. The summed E-state index contributed by atoms with van der Waals surface area (Å²) in [6, 6.07) is 7.42. The Morgan fingerprint density at radius 2 is 2.22 bits per heavy atom. The zero-order valence-corrected chi connectivity index (χ0v) is 12.1. The maximum Gasteiger partial charge on any atom is 0.164 e. The van der Waals surface area contributed by atoms with Crippen LogP contribution in [0.4, 0.5) is 4.39 Å². The number of fused-ring (bicyclic) bond motifs is 1. The third-order valence-electron chi connectivity index (χ3n) is 3.32. The van der Waals surface area contributed by atoms with Gasteiger partial charge in [-0.1, -0.05) is 13.0 Å². The van der Waals surface area contributed by atoms with E-state index in [9.17, 15) is 0 Å². The van der Waals surface area contributed by atoms with Crippen molar-refractivity contribution in [1.29, 1.82) is 0 Å². The fourth-order valence-corrected chi connectivity index (χ4v) is 3.29. The minimum Gasteiger partial charge on any atom is -0.311 e. The predicted molar refractivity (Wildman–Crippen MR) is 78.5 cm³/mol. The van der Waals surface area contributed by atoms with Gasteiger partial charge in [0.15, 0.2) is 5.67 Å². The molecule has 1 aromatic heterocycles. The van der Waals surface area contributed by atoms with Gasteiger partial charge in [-0.25, -0.2) is 4.39 Å². The van der Waals surface area contributed by atoms with Crippen molar-refractivity contribution < 1.29 is 4.39 Å². The fourth-order valence-electron chi connectivity index (χ4n) is 2.14. The predicted octanol–water partition coefficient (Wildman–Crippen LogP) is 4.30. The Kier molecular flexibility index (Phi) is 4.25. The maximum absolute atomic E-state index is 15.1. The molecule has 2 aromatic rings. The van der Waals surface area contributed by atoms with E-state index in [1.54, 1.807) is 11.3 Å². The first-order chi connectivity index (χ1) is 8.61. The molecule has 0 fully saturated rings. The summed E-state index contributed by atoms with van der Waals surface area (Å²) < 4.78 is 16.2. The van der Waals surface area contributed by atoms with E-state index < -0.39 is 5.67 Å². The van der Waals surface area contributed by atoms with Crippen LogP contribution in [0.5, 0.6) is 0 Å². The Balaban J connectivity index is 2.41. The first-order valence-electron chi connectivity index (χ1n) is 6.08. The van der Waals surface area contributed by atoms with Gasteiger partial charge >= 0.3 is 0 Å². The van der Waals surface area contributed by atoms with E-state index in [4.69, 9.17) is 11.6 Å². The molecule has 0 bridgehead atoms. The first kappa shape index (κ1) is 13.8. The van der Waals surface area contributed by atoms with E-state index in [0.29, 0.717) is 5.56 Å². The fraction of sp³-hybridized carbons (Fsp3) is 0.429. The van der Waals surface area contributed by atoms with E-state index in [2.05, 4.69) is 5.32 Å². The minimum atomic E-state index is -1.53. The summed E-state index contributed by atoms with van der Waals surface area (Å²) in [5.41, 5.74) is -0.884. The number of alkyl halides is 2. The molecular formula is C14H17ClFNS. The van der Waals surface area contributed by atoms with Gasteiger partial charge in [-0.3, -0.25) is 0 Å². The second-order valence-electron chi connectivity index (χ2n) is 4.45. The van der Waals surface area contributed by atoms with Crippen molar-refractivity contribution in [3.8, 4) is 0 Å². The van der Waals surface area contributed by atoms with Gasteiger partial charge in [0, 0.05) is 10.7 Å². The van der Waals surface area contributed by atoms with Gasteiger partial charge in [0.05, 0.1) is 5.88 Å². The van der Waals surface area contributed by atoms with Gasteiger partial charge in [0.2, 0.25) is 0 Å². The van der Waals surface area contributed by atoms with Crippen molar-refractivity contribution in [1.82, 2.24) is 5.32 Å². The van der Waals surface area contributed by atoms with Gasteiger partial charge < -0.3 is 5.32 Å². The lowest BCUT2D eigenvalue weighted by Crippen LogP contribution is -2.45. The molecule has 1 aromatic carbocycles. The molecule has 1 nitrogen and oxygen atoms in total. The topological polar surface area (TPSA) is 12.0 Å². The SMILES string of the molecule is CCNC(C)C(F)(CCl)c1ccc2sccc2c1. The smallest absolute Gasteiger partial charge is 0.164 e. The van der Waals surface area contributed by atoms with Crippen LogP contribution in [0.2, 0.25) is 0 Å². The summed E-state index contributed by atoms with van der Waals surface area (Å²) in [4.78, 5) is 0. The van der Waals surface area contributed by atoms with Crippen LogP contribution in [0.15, 0.2) is 29.6 Å². The molecule has 0 amide bonds. The summed E-state index contributed by atoms with van der Waals surface area (Å²) in [6.07, 6.45) is 0. The van der Waals surface area contributed by atoms with Crippen LogP contribution in [-0.4, -0.2) is 18.5 Å². The lowest BCUT2D eigenvalue weighted by molar-refractivity contribution is 0.141. The average molecular weight is 286 g/mol. The van der Waals surface area contributed by atoms with Crippen LogP contribution in [-0.2, 0) is 5.67 Å². The van der Waals surface area contributed by atoms with Crippen molar-refractivity contribution in [2.45, 2.75) is 25.6 Å². The molecule has 2 atom stereocenters. The molecule has 0 saturated heterocycles. The molecule has 2 rings (SSSR count). The molecule has 0 aliphatic rings. The summed E-state index contributed by atoms with van der Waals surface area (Å²) in [5.74, 6) is -0.0448. The third kappa shape index (κ3) is 2.40. The van der Waals surface area contributed by atoms with E-state index in [1.165, 1.54) is 4.70 Å². The number of halogens is 2. The van der Waals surface area contributed by atoms with Crippen LogP contribution in [0.3, 0.4) is 0 Å². The second kappa shape index (κ2) is 5.55. The number of hydrogen-bond donors (Lipinski definition) is 1. The van der Waals surface area contributed by atoms with Crippen LogP contribution >= 0.6 is 22.9 Å². The monoisotopic (exact) mass is 285 g/mol. The quantitative estimate of drug-likeness (QED) is 0.808. The molecule has 0 aliphatic heterocycles. The molecule has 4 heteroatoms. The Morgan fingerprint density at radius 1 is 1.44 bits per heavy atom. The lowest BCUT2D eigenvalue weighted by Gasteiger charge is -2.30. The Hall–Kier alpha value is -0.640. The number of hydrogen-bond acceptors (Lipinski definition) is 2. The van der Waals surface area contributed by atoms with Crippen molar-refractivity contribution in [2.75, 3.05) is 12.4 Å². The Morgan fingerprint density at radius 3 is 2.89 bits per heavy atom. The Labute approximate surface area is 116 Å². The van der Waals surface area contributed by atoms with E-state index in [1.807, 2.05) is 43.5 Å².